The summed E-state index contributed by atoms with van der Waals surface area (Å²) in [6.07, 6.45) is 0.423. The number of hydrogen-bond acceptors (Lipinski definition) is 4. The van der Waals surface area contributed by atoms with Crippen LogP contribution in [0.25, 0.3) is 0 Å². The summed E-state index contributed by atoms with van der Waals surface area (Å²) in [4.78, 5) is 17.9. The van der Waals surface area contributed by atoms with Crippen LogP contribution in [-0.2, 0) is 0 Å². The van der Waals surface area contributed by atoms with Gasteiger partial charge in [0.15, 0.2) is 0 Å². The molecule has 2 aliphatic rings. The Bertz CT molecular complexity index is 534. The first-order valence-electron chi connectivity index (χ1n) is 6.70. The van der Waals surface area contributed by atoms with E-state index in [1.807, 2.05) is 4.90 Å². The van der Waals surface area contributed by atoms with Crippen molar-refractivity contribution in [1.29, 1.82) is 0 Å². The first-order valence-corrected chi connectivity index (χ1v) is 6.70. The molecule has 2 bridgehead atoms. The monoisotopic (exact) mass is 298 g/mol. The Balaban J connectivity index is 1.83. The fourth-order valence-electron chi connectivity index (χ4n) is 3.10. The molecule has 0 unspecified atom stereocenters. The van der Waals surface area contributed by atoms with Crippen LogP contribution in [0.4, 0.5) is 25.1 Å². The number of alkyl halides is 2. The van der Waals surface area contributed by atoms with Gasteiger partial charge in [0.25, 0.3) is 5.92 Å². The van der Waals surface area contributed by atoms with Crippen molar-refractivity contribution < 1.29 is 18.7 Å². The second-order valence-corrected chi connectivity index (χ2v) is 5.60. The maximum absolute atomic E-state index is 14.2. The number of nitrogens with zero attached hydrogens (tertiary/aromatic N) is 3. The number of fused-ring (bicyclic) bond motifs is 2. The van der Waals surface area contributed by atoms with E-state index < -0.39 is 23.9 Å². The lowest BCUT2D eigenvalue weighted by Gasteiger charge is -2.50. The Morgan fingerprint density at radius 2 is 1.90 bits per heavy atom. The SMILES string of the molecule is Nc1ccc(N2C[C@H]3CN(C(=O)O)C[C@@H](C2)C3(F)F)cn1. The lowest BCUT2D eigenvalue weighted by atomic mass is 9.80. The largest absolute Gasteiger partial charge is 0.465 e. The number of carbonyl (C=O) groups is 1. The summed E-state index contributed by atoms with van der Waals surface area (Å²) in [5, 5.41) is 9.02. The van der Waals surface area contributed by atoms with E-state index in [1.54, 1.807) is 18.3 Å². The highest BCUT2D eigenvalue weighted by molar-refractivity contribution is 5.65. The van der Waals surface area contributed by atoms with E-state index in [0.29, 0.717) is 5.82 Å². The van der Waals surface area contributed by atoms with Crippen molar-refractivity contribution >= 4 is 17.6 Å². The number of anilines is 2. The van der Waals surface area contributed by atoms with Crippen LogP contribution in [0.5, 0.6) is 0 Å². The van der Waals surface area contributed by atoms with Crippen LogP contribution in [0.3, 0.4) is 0 Å². The number of carboxylic acid groups (broad SMARTS) is 1. The summed E-state index contributed by atoms with van der Waals surface area (Å²) in [7, 11) is 0. The van der Waals surface area contributed by atoms with Gasteiger partial charge in [0.2, 0.25) is 0 Å². The number of halogens is 2. The van der Waals surface area contributed by atoms with Crippen molar-refractivity contribution in [3.05, 3.63) is 18.3 Å². The number of pyridine rings is 1. The zero-order chi connectivity index (χ0) is 15.2. The Hall–Kier alpha value is -2.12. The molecule has 6 nitrogen and oxygen atoms in total. The van der Waals surface area contributed by atoms with Gasteiger partial charge in [-0.1, -0.05) is 0 Å². The van der Waals surface area contributed by atoms with Gasteiger partial charge in [-0.15, -0.1) is 0 Å². The Kier molecular flexibility index (Phi) is 3.11. The lowest BCUT2D eigenvalue weighted by molar-refractivity contribution is -0.151. The number of likely N-dealkylation sites (tertiary alicyclic amines) is 1. The molecule has 0 aromatic carbocycles. The topological polar surface area (TPSA) is 82.7 Å². The molecule has 1 aromatic rings. The van der Waals surface area contributed by atoms with Crippen molar-refractivity contribution in [3.63, 3.8) is 0 Å². The second-order valence-electron chi connectivity index (χ2n) is 5.60. The molecule has 3 heterocycles. The Labute approximate surface area is 120 Å². The van der Waals surface area contributed by atoms with Crippen LogP contribution in [-0.4, -0.2) is 53.2 Å². The van der Waals surface area contributed by atoms with Crippen molar-refractivity contribution in [1.82, 2.24) is 9.88 Å². The van der Waals surface area contributed by atoms with Crippen molar-refractivity contribution in [2.45, 2.75) is 5.92 Å². The van der Waals surface area contributed by atoms with E-state index in [0.717, 1.165) is 10.6 Å². The van der Waals surface area contributed by atoms with Gasteiger partial charge in [0.1, 0.15) is 5.82 Å². The first kappa shape index (κ1) is 13.8. The van der Waals surface area contributed by atoms with Gasteiger partial charge in [-0.25, -0.2) is 18.6 Å². The third-order valence-electron chi connectivity index (χ3n) is 4.26. The highest BCUT2D eigenvalue weighted by Crippen LogP contribution is 2.43. The average molecular weight is 298 g/mol. The molecule has 2 fully saturated rings. The van der Waals surface area contributed by atoms with Crippen molar-refractivity contribution in [2.75, 3.05) is 36.8 Å². The van der Waals surface area contributed by atoms with Gasteiger partial charge < -0.3 is 20.6 Å². The third kappa shape index (κ3) is 2.34. The summed E-state index contributed by atoms with van der Waals surface area (Å²) in [5.41, 5.74) is 6.26. The van der Waals surface area contributed by atoms with Gasteiger partial charge in [-0.2, -0.15) is 0 Å². The van der Waals surface area contributed by atoms with Gasteiger partial charge in [0, 0.05) is 26.2 Å². The van der Waals surface area contributed by atoms with Crippen LogP contribution < -0.4 is 10.6 Å². The van der Waals surface area contributed by atoms with Crippen LogP contribution >= 0.6 is 0 Å². The molecule has 0 spiro atoms. The Morgan fingerprint density at radius 3 is 2.38 bits per heavy atom. The number of piperidine rings is 2. The highest BCUT2D eigenvalue weighted by atomic mass is 19.3. The molecule has 2 aliphatic heterocycles. The van der Waals surface area contributed by atoms with E-state index in [-0.39, 0.29) is 26.2 Å². The van der Waals surface area contributed by atoms with Crippen LogP contribution in [0.2, 0.25) is 0 Å². The smallest absolute Gasteiger partial charge is 0.407 e. The molecule has 3 rings (SSSR count). The molecule has 8 heteroatoms. The van der Waals surface area contributed by atoms with E-state index in [1.165, 1.54) is 0 Å². The molecule has 21 heavy (non-hydrogen) atoms. The molecular weight excluding hydrogens is 282 g/mol. The summed E-state index contributed by atoms with van der Waals surface area (Å²) >= 11 is 0. The quantitative estimate of drug-likeness (QED) is 0.817. The number of rotatable bonds is 1. The summed E-state index contributed by atoms with van der Waals surface area (Å²) < 4.78 is 28.4. The number of nitrogen functional groups attached to an aromatic ring is 1. The number of aromatic nitrogens is 1. The van der Waals surface area contributed by atoms with E-state index in [2.05, 4.69) is 4.98 Å². The number of hydrogen-bond donors (Lipinski definition) is 2. The number of nitrogens with two attached hydrogens (primary N) is 1. The predicted octanol–water partition coefficient (Wildman–Crippen LogP) is 1.35. The average Bonchev–Trinajstić information content (AvgIpc) is 2.38. The van der Waals surface area contributed by atoms with Crippen LogP contribution in [0.1, 0.15) is 0 Å². The summed E-state index contributed by atoms with van der Waals surface area (Å²) in [6.45, 7) is -0.0623. The minimum absolute atomic E-state index is 0.110. The summed E-state index contributed by atoms with van der Waals surface area (Å²) in [6, 6.07) is 3.37. The van der Waals surface area contributed by atoms with Gasteiger partial charge in [-0.3, -0.25) is 0 Å². The molecule has 2 saturated heterocycles. The van der Waals surface area contributed by atoms with Gasteiger partial charge >= 0.3 is 6.09 Å². The lowest BCUT2D eigenvalue weighted by Crippen LogP contribution is -2.64. The van der Waals surface area contributed by atoms with E-state index >= 15 is 0 Å². The van der Waals surface area contributed by atoms with E-state index in [4.69, 9.17) is 10.8 Å². The zero-order valence-corrected chi connectivity index (χ0v) is 11.2. The molecule has 0 radical (unpaired) electrons. The molecule has 0 aliphatic carbocycles. The molecule has 1 amide bonds. The predicted molar refractivity (Wildman–Crippen MR) is 72.4 cm³/mol. The number of amides is 1. The second kappa shape index (κ2) is 4.71. The van der Waals surface area contributed by atoms with Crippen LogP contribution in [0, 0.1) is 11.8 Å². The molecule has 114 valence electrons. The summed E-state index contributed by atoms with van der Waals surface area (Å²) in [5.74, 6) is -4.46. The Morgan fingerprint density at radius 1 is 1.29 bits per heavy atom. The fraction of sp³-hybridized carbons (Fsp3) is 0.538. The highest BCUT2D eigenvalue weighted by Gasteiger charge is 2.56. The maximum atomic E-state index is 14.2. The van der Waals surface area contributed by atoms with Crippen LogP contribution in [0.15, 0.2) is 18.3 Å². The molecule has 1 aromatic heterocycles. The third-order valence-corrected chi connectivity index (χ3v) is 4.26. The first-order chi connectivity index (χ1) is 9.88. The van der Waals surface area contributed by atoms with Gasteiger partial charge in [-0.05, 0) is 12.1 Å². The zero-order valence-electron chi connectivity index (χ0n) is 11.2. The molecule has 3 N–H and O–H groups in total. The van der Waals surface area contributed by atoms with Crippen molar-refractivity contribution in [3.8, 4) is 0 Å². The normalized spacial score (nSPS) is 27.5. The van der Waals surface area contributed by atoms with Crippen molar-refractivity contribution in [2.24, 2.45) is 11.8 Å². The van der Waals surface area contributed by atoms with E-state index in [9.17, 15) is 13.6 Å². The minimum Gasteiger partial charge on any atom is -0.465 e. The minimum atomic E-state index is -2.83. The van der Waals surface area contributed by atoms with Gasteiger partial charge in [0.05, 0.1) is 23.7 Å². The standard InChI is InChI=1S/C13H16F2N4O2/c14-13(15)8-4-18(10-1-2-11(16)17-3-10)5-9(13)7-19(6-8)12(20)21/h1-3,8-9H,4-7H2,(H2,16,17)(H,20,21)/t8-,9+. The molecule has 0 saturated carbocycles. The maximum Gasteiger partial charge on any atom is 0.407 e. The fourth-order valence-corrected chi connectivity index (χ4v) is 3.10. The molecule has 2 atom stereocenters. The molecular formula is C13H16F2N4O2.